The van der Waals surface area contributed by atoms with Crippen molar-refractivity contribution in [1.29, 1.82) is 0 Å². The van der Waals surface area contributed by atoms with Crippen LogP contribution in [0.15, 0.2) is 12.2 Å². The third-order valence-electron chi connectivity index (χ3n) is 1.77. The fourth-order valence-electron chi connectivity index (χ4n) is 1.02. The second kappa shape index (κ2) is 6.02. The summed E-state index contributed by atoms with van der Waals surface area (Å²) in [5.74, 6) is 0. The predicted molar refractivity (Wildman–Crippen MR) is 47.6 cm³/mol. The summed E-state index contributed by atoms with van der Waals surface area (Å²) in [4.78, 5) is 0. The summed E-state index contributed by atoms with van der Waals surface area (Å²) in [7, 11) is 1.34. The molecular weight excluding hydrogens is 179 g/mol. The van der Waals surface area contributed by atoms with Crippen LogP contribution < -0.4 is 5.32 Å². The van der Waals surface area contributed by atoms with Gasteiger partial charge in [-0.3, -0.25) is 0 Å². The molecule has 1 N–H and O–H groups in total. The van der Waals surface area contributed by atoms with Crippen LogP contribution in [0.25, 0.3) is 0 Å². The van der Waals surface area contributed by atoms with Gasteiger partial charge in [0.05, 0.1) is 0 Å². The molecule has 0 aromatic carbocycles. The monoisotopic (exact) mass is 195 g/mol. The van der Waals surface area contributed by atoms with Gasteiger partial charge in [-0.15, -0.1) is 0 Å². The third-order valence-corrected chi connectivity index (χ3v) is 1.77. The van der Waals surface area contributed by atoms with Crippen LogP contribution in [-0.4, -0.2) is 19.3 Å². The Morgan fingerprint density at radius 2 is 1.92 bits per heavy atom. The van der Waals surface area contributed by atoms with Crippen LogP contribution in [0, 0.1) is 0 Å². The van der Waals surface area contributed by atoms with E-state index in [-0.39, 0.29) is 6.42 Å². The molecular formula is C9H16F3N. The fourth-order valence-corrected chi connectivity index (χ4v) is 1.02. The molecule has 0 saturated carbocycles. The van der Waals surface area contributed by atoms with Gasteiger partial charge in [0, 0.05) is 0 Å². The third kappa shape index (κ3) is 5.69. The Balaban J connectivity index is 3.80. The highest BCUT2D eigenvalue weighted by Crippen LogP contribution is 2.23. The van der Waals surface area contributed by atoms with Crippen molar-refractivity contribution in [2.24, 2.45) is 0 Å². The molecule has 0 aromatic rings. The van der Waals surface area contributed by atoms with Gasteiger partial charge in [0.25, 0.3) is 0 Å². The minimum absolute atomic E-state index is 0.108. The first-order valence-electron chi connectivity index (χ1n) is 4.41. The number of hydrogen-bond acceptors (Lipinski definition) is 1. The van der Waals surface area contributed by atoms with E-state index >= 15 is 0 Å². The highest BCUT2D eigenvalue weighted by molar-refractivity contribution is 4.83. The molecule has 0 aliphatic carbocycles. The second-order valence-electron chi connectivity index (χ2n) is 2.84. The van der Waals surface area contributed by atoms with E-state index in [0.717, 1.165) is 6.42 Å². The van der Waals surface area contributed by atoms with E-state index in [1.54, 1.807) is 6.08 Å². The zero-order valence-corrected chi connectivity index (χ0v) is 7.99. The van der Waals surface area contributed by atoms with Gasteiger partial charge in [-0.05, 0) is 26.3 Å². The smallest absolute Gasteiger partial charge is 0.309 e. The molecule has 0 amide bonds. The number of rotatable bonds is 5. The maximum absolute atomic E-state index is 12.1. The molecule has 0 aromatic heterocycles. The van der Waals surface area contributed by atoms with Crippen molar-refractivity contribution < 1.29 is 13.2 Å². The van der Waals surface area contributed by atoms with Crippen LogP contribution in [-0.2, 0) is 0 Å². The number of alkyl halides is 3. The Hall–Kier alpha value is -0.510. The minimum atomic E-state index is -4.13. The van der Waals surface area contributed by atoms with E-state index in [1.165, 1.54) is 7.05 Å². The molecule has 78 valence electrons. The number of nitrogens with one attached hydrogen (secondary N) is 1. The average Bonchev–Trinajstić information content (AvgIpc) is 2.02. The quantitative estimate of drug-likeness (QED) is 0.665. The summed E-state index contributed by atoms with van der Waals surface area (Å²) in [5, 5.41) is 2.26. The largest absolute Gasteiger partial charge is 0.403 e. The van der Waals surface area contributed by atoms with Crippen LogP contribution >= 0.6 is 0 Å². The molecule has 13 heavy (non-hydrogen) atoms. The Labute approximate surface area is 77.0 Å². The lowest BCUT2D eigenvalue weighted by molar-refractivity contribution is -0.155. The summed E-state index contributed by atoms with van der Waals surface area (Å²) in [6.45, 7) is 1.95. The average molecular weight is 195 g/mol. The van der Waals surface area contributed by atoms with Gasteiger partial charge in [0.2, 0.25) is 0 Å². The van der Waals surface area contributed by atoms with Gasteiger partial charge >= 0.3 is 6.18 Å². The standard InChI is InChI=1S/C9H16F3N/c1-3-4-5-6-7-8(13-2)9(10,11)12/h4-5,8,13H,3,6-7H2,1-2H3. The normalized spacial score (nSPS) is 15.2. The number of hydrogen-bond donors (Lipinski definition) is 1. The summed E-state index contributed by atoms with van der Waals surface area (Å²) in [6, 6.07) is -1.38. The Morgan fingerprint density at radius 1 is 1.31 bits per heavy atom. The molecule has 4 heteroatoms. The lowest BCUT2D eigenvalue weighted by atomic mass is 10.1. The van der Waals surface area contributed by atoms with Crippen molar-refractivity contribution in [3.8, 4) is 0 Å². The van der Waals surface area contributed by atoms with Crippen molar-refractivity contribution in [3.05, 3.63) is 12.2 Å². The molecule has 0 heterocycles. The van der Waals surface area contributed by atoms with E-state index in [9.17, 15) is 13.2 Å². The van der Waals surface area contributed by atoms with Crippen molar-refractivity contribution in [1.82, 2.24) is 5.32 Å². The topological polar surface area (TPSA) is 12.0 Å². The Kier molecular flexibility index (Phi) is 5.79. The summed E-state index contributed by atoms with van der Waals surface area (Å²) in [5.41, 5.74) is 0. The zero-order valence-electron chi connectivity index (χ0n) is 7.99. The van der Waals surface area contributed by atoms with Gasteiger partial charge in [0.1, 0.15) is 6.04 Å². The summed E-state index contributed by atoms with van der Waals surface area (Å²) < 4.78 is 36.4. The maximum atomic E-state index is 12.1. The molecule has 0 spiro atoms. The van der Waals surface area contributed by atoms with E-state index in [0.29, 0.717) is 6.42 Å². The maximum Gasteiger partial charge on any atom is 0.403 e. The summed E-state index contributed by atoms with van der Waals surface area (Å²) in [6.07, 6.45) is 0.986. The molecule has 0 fully saturated rings. The number of allylic oxidation sites excluding steroid dienone is 2. The van der Waals surface area contributed by atoms with E-state index < -0.39 is 12.2 Å². The van der Waals surface area contributed by atoms with Gasteiger partial charge < -0.3 is 5.32 Å². The zero-order chi connectivity index (χ0) is 10.3. The van der Waals surface area contributed by atoms with Crippen LogP contribution in [0.5, 0.6) is 0 Å². The Morgan fingerprint density at radius 3 is 2.31 bits per heavy atom. The van der Waals surface area contributed by atoms with Crippen molar-refractivity contribution in [3.63, 3.8) is 0 Å². The first-order chi connectivity index (χ1) is 6.02. The number of halogens is 3. The SMILES string of the molecule is CCC=CCCC(NC)C(F)(F)F. The Bertz CT molecular complexity index is 151. The molecule has 0 radical (unpaired) electrons. The molecule has 1 nitrogen and oxygen atoms in total. The lowest BCUT2D eigenvalue weighted by Crippen LogP contribution is -2.39. The second-order valence-corrected chi connectivity index (χ2v) is 2.84. The fraction of sp³-hybridized carbons (Fsp3) is 0.778. The van der Waals surface area contributed by atoms with Crippen molar-refractivity contribution in [2.75, 3.05) is 7.05 Å². The summed E-state index contributed by atoms with van der Waals surface area (Å²) >= 11 is 0. The molecule has 1 atom stereocenters. The molecule has 1 unspecified atom stereocenters. The molecule has 0 saturated heterocycles. The van der Waals surface area contributed by atoms with Crippen LogP contribution in [0.2, 0.25) is 0 Å². The van der Waals surface area contributed by atoms with Crippen LogP contribution in [0.4, 0.5) is 13.2 Å². The van der Waals surface area contributed by atoms with E-state index in [2.05, 4.69) is 5.32 Å². The van der Waals surface area contributed by atoms with E-state index in [4.69, 9.17) is 0 Å². The van der Waals surface area contributed by atoms with Gasteiger partial charge in [-0.2, -0.15) is 13.2 Å². The van der Waals surface area contributed by atoms with Crippen molar-refractivity contribution >= 4 is 0 Å². The first-order valence-corrected chi connectivity index (χ1v) is 4.41. The lowest BCUT2D eigenvalue weighted by Gasteiger charge is -2.18. The van der Waals surface area contributed by atoms with E-state index in [1.807, 2.05) is 13.0 Å². The first kappa shape index (κ1) is 12.5. The molecule has 0 aliphatic rings. The predicted octanol–water partition coefficient (Wildman–Crippen LogP) is 2.88. The van der Waals surface area contributed by atoms with Crippen LogP contribution in [0.3, 0.4) is 0 Å². The van der Waals surface area contributed by atoms with Gasteiger partial charge in [-0.1, -0.05) is 19.1 Å². The molecule has 0 rings (SSSR count). The van der Waals surface area contributed by atoms with Gasteiger partial charge in [0.15, 0.2) is 0 Å². The highest BCUT2D eigenvalue weighted by Gasteiger charge is 2.37. The molecule has 0 aliphatic heterocycles. The van der Waals surface area contributed by atoms with Crippen molar-refractivity contribution in [2.45, 2.75) is 38.4 Å². The minimum Gasteiger partial charge on any atom is -0.309 e. The molecule has 0 bridgehead atoms. The van der Waals surface area contributed by atoms with Crippen LogP contribution in [0.1, 0.15) is 26.2 Å². The van der Waals surface area contributed by atoms with Gasteiger partial charge in [-0.25, -0.2) is 0 Å². The highest BCUT2D eigenvalue weighted by atomic mass is 19.4.